The molecule has 0 N–H and O–H groups in total. The normalized spacial score (nSPS) is 9.87. The summed E-state index contributed by atoms with van der Waals surface area (Å²) < 4.78 is 5.79. The van der Waals surface area contributed by atoms with Crippen LogP contribution in [0.1, 0.15) is 10.4 Å². The van der Waals surface area contributed by atoms with Crippen LogP contribution in [0.25, 0.3) is 0 Å². The Balaban J connectivity index is 3.17. The van der Waals surface area contributed by atoms with E-state index in [1.807, 2.05) is 0 Å². The zero-order chi connectivity index (χ0) is 11.4. The van der Waals surface area contributed by atoms with Crippen molar-refractivity contribution >= 4 is 28.5 Å². The van der Waals surface area contributed by atoms with Crippen molar-refractivity contribution in [3.63, 3.8) is 0 Å². The van der Waals surface area contributed by atoms with Crippen molar-refractivity contribution in [3.8, 4) is 5.88 Å². The van der Waals surface area contributed by atoms with Crippen LogP contribution in [0.3, 0.4) is 0 Å². The number of hydroxylamine groups is 2. The summed E-state index contributed by atoms with van der Waals surface area (Å²) >= 11 is 2.05. The van der Waals surface area contributed by atoms with E-state index in [-0.39, 0.29) is 5.91 Å². The number of hydrogen-bond donors (Lipinski definition) is 0. The minimum absolute atomic E-state index is 0.285. The molecule has 0 saturated carbocycles. The van der Waals surface area contributed by atoms with E-state index in [2.05, 4.69) is 27.6 Å². The number of rotatable bonds is 3. The van der Waals surface area contributed by atoms with Gasteiger partial charge in [-0.15, -0.1) is 0 Å². The van der Waals surface area contributed by atoms with Gasteiger partial charge in [0.1, 0.15) is 5.56 Å². The lowest BCUT2D eigenvalue weighted by Gasteiger charge is -2.15. The molecule has 1 aromatic heterocycles. The van der Waals surface area contributed by atoms with E-state index in [4.69, 9.17) is 9.57 Å². The molecule has 15 heavy (non-hydrogen) atoms. The van der Waals surface area contributed by atoms with Crippen molar-refractivity contribution in [2.45, 2.75) is 0 Å². The number of amides is 1. The highest BCUT2D eigenvalue weighted by Gasteiger charge is 2.20. The summed E-state index contributed by atoms with van der Waals surface area (Å²) in [5, 5.41) is 1.13. The third kappa shape index (κ3) is 2.57. The lowest BCUT2D eigenvalue weighted by molar-refractivity contribution is -0.0759. The van der Waals surface area contributed by atoms with E-state index < -0.39 is 0 Å². The number of nitrogens with zero attached hydrogens (tertiary/aromatic N) is 2. The van der Waals surface area contributed by atoms with Crippen LogP contribution >= 0.6 is 22.6 Å². The van der Waals surface area contributed by atoms with Gasteiger partial charge in [-0.1, -0.05) is 0 Å². The van der Waals surface area contributed by atoms with Crippen molar-refractivity contribution < 1.29 is 14.4 Å². The first kappa shape index (κ1) is 12.2. The van der Waals surface area contributed by atoms with Gasteiger partial charge in [-0.2, -0.15) is 0 Å². The minimum Gasteiger partial charge on any atom is -0.480 e. The SMILES string of the molecule is COc1nccc(I)c1C(=O)N(C)OC. The zero-order valence-electron chi connectivity index (χ0n) is 8.65. The lowest BCUT2D eigenvalue weighted by atomic mass is 10.2. The van der Waals surface area contributed by atoms with Gasteiger partial charge in [0.2, 0.25) is 5.88 Å². The molecule has 0 unspecified atom stereocenters. The number of carbonyl (C=O) groups excluding carboxylic acids is 1. The lowest BCUT2D eigenvalue weighted by Crippen LogP contribution is -2.26. The molecule has 0 aliphatic rings. The summed E-state index contributed by atoms with van der Waals surface area (Å²) in [6, 6.07) is 1.74. The third-order valence-electron chi connectivity index (χ3n) is 1.83. The molecular formula is C9H11IN2O3. The highest BCUT2D eigenvalue weighted by Crippen LogP contribution is 2.22. The topological polar surface area (TPSA) is 51.7 Å². The average Bonchev–Trinajstić information content (AvgIpc) is 2.26. The maximum atomic E-state index is 11.9. The fourth-order valence-electron chi connectivity index (χ4n) is 1.01. The zero-order valence-corrected chi connectivity index (χ0v) is 10.8. The van der Waals surface area contributed by atoms with Gasteiger partial charge in [-0.25, -0.2) is 10.0 Å². The number of aromatic nitrogens is 1. The average molecular weight is 322 g/mol. The van der Waals surface area contributed by atoms with Gasteiger partial charge >= 0.3 is 0 Å². The number of ether oxygens (including phenoxy) is 1. The molecule has 0 aromatic carbocycles. The van der Waals surface area contributed by atoms with Crippen LogP contribution < -0.4 is 4.74 Å². The molecule has 0 atom stereocenters. The van der Waals surface area contributed by atoms with E-state index >= 15 is 0 Å². The molecule has 1 heterocycles. The Hall–Kier alpha value is -0.890. The Morgan fingerprint density at radius 1 is 1.53 bits per heavy atom. The maximum Gasteiger partial charge on any atom is 0.283 e. The molecule has 1 rings (SSSR count). The van der Waals surface area contributed by atoms with E-state index in [0.29, 0.717) is 11.4 Å². The molecule has 5 nitrogen and oxygen atoms in total. The molecule has 0 bridgehead atoms. The fraction of sp³-hybridized carbons (Fsp3) is 0.333. The van der Waals surface area contributed by atoms with Crippen molar-refractivity contribution in [1.29, 1.82) is 0 Å². The van der Waals surface area contributed by atoms with Gasteiger partial charge in [-0.3, -0.25) is 9.63 Å². The summed E-state index contributed by atoms with van der Waals surface area (Å²) in [6.07, 6.45) is 1.59. The first-order chi connectivity index (χ1) is 7.11. The van der Waals surface area contributed by atoms with Crippen molar-refractivity contribution in [2.24, 2.45) is 0 Å². The van der Waals surface area contributed by atoms with E-state index in [0.717, 1.165) is 8.63 Å². The van der Waals surface area contributed by atoms with Crippen LogP contribution in [0.5, 0.6) is 5.88 Å². The van der Waals surface area contributed by atoms with Crippen molar-refractivity contribution in [2.75, 3.05) is 21.3 Å². The van der Waals surface area contributed by atoms with Crippen LogP contribution in [0, 0.1) is 3.57 Å². The van der Waals surface area contributed by atoms with Crippen LogP contribution in [-0.2, 0) is 4.84 Å². The Morgan fingerprint density at radius 3 is 2.73 bits per heavy atom. The first-order valence-electron chi connectivity index (χ1n) is 4.12. The van der Waals surface area contributed by atoms with Gasteiger partial charge in [0.25, 0.3) is 5.91 Å². The molecule has 0 fully saturated rings. The predicted molar refractivity (Wildman–Crippen MR) is 62.6 cm³/mol. The Bertz CT molecular complexity index is 370. The summed E-state index contributed by atoms with van der Waals surface area (Å²) in [4.78, 5) is 20.6. The monoisotopic (exact) mass is 322 g/mol. The van der Waals surface area contributed by atoms with Crippen LogP contribution in [-0.4, -0.2) is 37.2 Å². The Morgan fingerprint density at radius 2 is 2.20 bits per heavy atom. The van der Waals surface area contributed by atoms with Gasteiger partial charge < -0.3 is 4.74 Å². The number of methoxy groups -OCH3 is 1. The summed E-state index contributed by atoms with van der Waals surface area (Å²) in [7, 11) is 4.43. The molecule has 0 aliphatic heterocycles. The quantitative estimate of drug-likeness (QED) is 0.622. The Kier molecular flexibility index (Phi) is 4.28. The van der Waals surface area contributed by atoms with Crippen LogP contribution in [0.4, 0.5) is 0 Å². The van der Waals surface area contributed by atoms with Crippen molar-refractivity contribution in [1.82, 2.24) is 10.0 Å². The molecule has 0 aliphatic carbocycles. The van der Waals surface area contributed by atoms with E-state index in [1.165, 1.54) is 21.3 Å². The largest absolute Gasteiger partial charge is 0.480 e. The molecule has 1 aromatic rings. The molecule has 1 amide bonds. The van der Waals surface area contributed by atoms with Gasteiger partial charge in [0.05, 0.1) is 14.2 Å². The minimum atomic E-state index is -0.285. The maximum absolute atomic E-state index is 11.9. The summed E-state index contributed by atoms with van der Waals surface area (Å²) in [5.74, 6) is 0.0163. The fourth-order valence-corrected chi connectivity index (χ4v) is 1.63. The predicted octanol–water partition coefficient (Wildman–Crippen LogP) is 1.33. The van der Waals surface area contributed by atoms with Gasteiger partial charge in [0, 0.05) is 16.8 Å². The second kappa shape index (κ2) is 5.26. The molecule has 82 valence electrons. The van der Waals surface area contributed by atoms with Gasteiger partial charge in [0.15, 0.2) is 0 Å². The van der Waals surface area contributed by atoms with Crippen molar-refractivity contribution in [3.05, 3.63) is 21.4 Å². The highest BCUT2D eigenvalue weighted by molar-refractivity contribution is 14.1. The summed E-state index contributed by atoms with van der Waals surface area (Å²) in [6.45, 7) is 0. The second-order valence-electron chi connectivity index (χ2n) is 2.66. The molecular weight excluding hydrogens is 311 g/mol. The van der Waals surface area contributed by atoms with E-state index in [1.54, 1.807) is 12.3 Å². The van der Waals surface area contributed by atoms with E-state index in [9.17, 15) is 4.79 Å². The number of pyridine rings is 1. The summed E-state index contributed by atoms with van der Waals surface area (Å²) in [5.41, 5.74) is 0.407. The molecule has 0 saturated heterocycles. The number of halogens is 1. The van der Waals surface area contributed by atoms with Gasteiger partial charge in [-0.05, 0) is 28.7 Å². The first-order valence-corrected chi connectivity index (χ1v) is 5.20. The third-order valence-corrected chi connectivity index (χ3v) is 2.73. The number of carbonyl (C=O) groups is 1. The van der Waals surface area contributed by atoms with Crippen LogP contribution in [0.15, 0.2) is 12.3 Å². The number of hydrogen-bond acceptors (Lipinski definition) is 4. The van der Waals surface area contributed by atoms with Crippen LogP contribution in [0.2, 0.25) is 0 Å². The second-order valence-corrected chi connectivity index (χ2v) is 3.82. The Labute approximate surface area is 101 Å². The highest BCUT2D eigenvalue weighted by atomic mass is 127. The molecule has 0 spiro atoms. The standard InChI is InChI=1S/C9H11IN2O3/c1-12(15-3)9(13)7-6(10)4-5-11-8(7)14-2/h4-5H,1-3H3. The molecule has 0 radical (unpaired) electrons. The smallest absolute Gasteiger partial charge is 0.283 e. The molecule has 6 heteroatoms.